The lowest BCUT2D eigenvalue weighted by Crippen LogP contribution is -2.16. The van der Waals surface area contributed by atoms with Crippen molar-refractivity contribution in [3.8, 4) is 5.69 Å². The highest BCUT2D eigenvalue weighted by Crippen LogP contribution is 2.30. The second kappa shape index (κ2) is 7.36. The Hall–Kier alpha value is -1.86. The predicted octanol–water partition coefficient (Wildman–Crippen LogP) is 4.03. The maximum absolute atomic E-state index is 12.6. The van der Waals surface area contributed by atoms with Crippen molar-refractivity contribution in [3.05, 3.63) is 63.3 Å². The quantitative estimate of drug-likeness (QED) is 0.700. The highest BCUT2D eigenvalue weighted by atomic mass is 35.5. The lowest BCUT2D eigenvalue weighted by molar-refractivity contribution is 0.102. The number of carbonyl (C=O) groups is 1. The second-order valence-electron chi connectivity index (χ2n) is 4.89. The molecule has 5 nitrogen and oxygen atoms in total. The Morgan fingerprint density at radius 1 is 1.25 bits per heavy atom. The summed E-state index contributed by atoms with van der Waals surface area (Å²) in [5.74, 6) is -0.319. The molecule has 1 aromatic carbocycles. The van der Waals surface area contributed by atoms with E-state index in [1.807, 2.05) is 0 Å². The van der Waals surface area contributed by atoms with Crippen LogP contribution in [0.1, 0.15) is 15.4 Å². The molecule has 0 bridgehead atoms. The normalized spacial score (nSPS) is 10.8. The number of nitrogens with zero attached hydrogens (tertiary/aromatic N) is 2. The fraction of sp³-hybridized carbons (Fsp3) is 0.125. The summed E-state index contributed by atoms with van der Waals surface area (Å²) in [6.45, 7) is 0.0451. The summed E-state index contributed by atoms with van der Waals surface area (Å²) in [5.41, 5.74) is 0.944. The smallest absolute Gasteiger partial charge is 0.274 e. The minimum absolute atomic E-state index is 0.0451. The lowest BCUT2D eigenvalue weighted by atomic mass is 10.3. The molecule has 0 saturated heterocycles. The molecule has 0 saturated carbocycles. The van der Waals surface area contributed by atoms with Crippen LogP contribution < -0.4 is 5.32 Å². The van der Waals surface area contributed by atoms with Crippen molar-refractivity contribution in [2.75, 3.05) is 11.9 Å². The first-order chi connectivity index (χ1) is 11.6. The van der Waals surface area contributed by atoms with Gasteiger partial charge in [0.25, 0.3) is 5.91 Å². The van der Waals surface area contributed by atoms with Gasteiger partial charge >= 0.3 is 0 Å². The van der Waals surface area contributed by atoms with Crippen LogP contribution in [0.5, 0.6) is 0 Å². The molecule has 2 aromatic heterocycles. The number of anilines is 1. The van der Waals surface area contributed by atoms with E-state index in [-0.39, 0.29) is 12.5 Å². The molecule has 0 unspecified atom stereocenters. The van der Waals surface area contributed by atoms with Crippen LogP contribution in [0.4, 0.5) is 5.13 Å². The van der Waals surface area contributed by atoms with Crippen LogP contribution in [-0.4, -0.2) is 27.2 Å². The first-order valence-corrected chi connectivity index (χ1v) is 8.66. The Morgan fingerprint density at radius 3 is 2.71 bits per heavy atom. The van der Waals surface area contributed by atoms with Crippen LogP contribution in [0.25, 0.3) is 5.69 Å². The fourth-order valence-corrected chi connectivity index (χ4v) is 3.61. The third-order valence-electron chi connectivity index (χ3n) is 3.29. The summed E-state index contributed by atoms with van der Waals surface area (Å²) in [5, 5.41) is 13.1. The van der Waals surface area contributed by atoms with Gasteiger partial charge in [0.15, 0.2) is 5.13 Å². The number of amides is 1. The third kappa shape index (κ3) is 3.47. The molecule has 0 aliphatic carbocycles. The van der Waals surface area contributed by atoms with E-state index in [2.05, 4.69) is 10.3 Å². The zero-order valence-corrected chi connectivity index (χ0v) is 14.7. The zero-order valence-electron chi connectivity index (χ0n) is 12.4. The molecule has 24 heavy (non-hydrogen) atoms. The predicted molar refractivity (Wildman–Crippen MR) is 96.6 cm³/mol. The second-order valence-corrected chi connectivity index (χ2v) is 6.82. The maximum atomic E-state index is 12.6. The molecule has 3 aromatic rings. The Bertz CT molecular complexity index is 856. The van der Waals surface area contributed by atoms with E-state index in [4.69, 9.17) is 28.3 Å². The van der Waals surface area contributed by atoms with E-state index in [9.17, 15) is 4.79 Å². The molecule has 0 radical (unpaired) electrons. The van der Waals surface area contributed by atoms with E-state index < -0.39 is 0 Å². The van der Waals surface area contributed by atoms with Crippen molar-refractivity contribution >= 4 is 45.6 Å². The molecule has 124 valence electrons. The number of nitrogens with one attached hydrogen (secondary N) is 1. The van der Waals surface area contributed by atoms with Gasteiger partial charge in [-0.2, -0.15) is 0 Å². The molecule has 0 aliphatic heterocycles. The van der Waals surface area contributed by atoms with Crippen LogP contribution >= 0.6 is 34.5 Å². The molecule has 0 atom stereocenters. The van der Waals surface area contributed by atoms with Crippen molar-refractivity contribution < 1.29 is 9.90 Å². The van der Waals surface area contributed by atoms with Gasteiger partial charge in [-0.25, -0.2) is 4.98 Å². The number of aliphatic hydroxyl groups excluding tert-OH is 1. The average molecular weight is 382 g/mol. The number of para-hydroxylation sites is 1. The molecule has 8 heteroatoms. The van der Waals surface area contributed by atoms with Crippen LogP contribution in [0.2, 0.25) is 10.0 Å². The number of carbonyl (C=O) groups excluding carboxylic acids is 1. The van der Waals surface area contributed by atoms with E-state index in [1.54, 1.807) is 47.3 Å². The third-order valence-corrected chi connectivity index (χ3v) is 4.87. The minimum Gasteiger partial charge on any atom is -0.396 e. The Morgan fingerprint density at radius 2 is 2.00 bits per heavy atom. The average Bonchev–Trinajstić information content (AvgIpc) is 3.17. The van der Waals surface area contributed by atoms with Crippen molar-refractivity contribution in [1.82, 2.24) is 9.55 Å². The Kier molecular flexibility index (Phi) is 5.20. The maximum Gasteiger partial charge on any atom is 0.274 e. The number of aliphatic hydroxyl groups is 1. The Labute approximate surface area is 152 Å². The van der Waals surface area contributed by atoms with Crippen molar-refractivity contribution in [2.24, 2.45) is 0 Å². The molecule has 3 rings (SSSR count). The standard InChI is InChI=1S/C16H13Cl2N3O2S/c17-11-3-1-4-12(18)14(11)21-7-2-5-13(21)15(23)20-16-19-9-10(24-16)6-8-22/h1-5,7,9,22H,6,8H2,(H,19,20,23). The molecule has 1 amide bonds. The Balaban J connectivity index is 1.88. The van der Waals surface area contributed by atoms with Crippen LogP contribution in [0.15, 0.2) is 42.7 Å². The first kappa shape index (κ1) is 17.0. The molecule has 0 aliphatic rings. The number of benzene rings is 1. The van der Waals surface area contributed by atoms with Gasteiger partial charge in [0.2, 0.25) is 0 Å². The summed E-state index contributed by atoms with van der Waals surface area (Å²) in [4.78, 5) is 17.6. The van der Waals surface area contributed by atoms with Crippen molar-refractivity contribution in [1.29, 1.82) is 0 Å². The van der Waals surface area contributed by atoms with Crippen LogP contribution in [-0.2, 0) is 6.42 Å². The van der Waals surface area contributed by atoms with Gasteiger partial charge in [0.1, 0.15) is 5.69 Å². The molecular weight excluding hydrogens is 369 g/mol. The van der Waals surface area contributed by atoms with E-state index in [1.165, 1.54) is 11.3 Å². The number of hydrogen-bond acceptors (Lipinski definition) is 4. The number of rotatable bonds is 5. The summed E-state index contributed by atoms with van der Waals surface area (Å²) >= 11 is 13.8. The molecule has 0 spiro atoms. The first-order valence-electron chi connectivity index (χ1n) is 7.09. The largest absolute Gasteiger partial charge is 0.396 e. The van der Waals surface area contributed by atoms with E-state index in [0.717, 1.165) is 4.88 Å². The number of thiazole rings is 1. The highest BCUT2D eigenvalue weighted by Gasteiger charge is 2.17. The van der Waals surface area contributed by atoms with Crippen molar-refractivity contribution in [3.63, 3.8) is 0 Å². The molecule has 2 heterocycles. The van der Waals surface area contributed by atoms with Crippen LogP contribution in [0, 0.1) is 0 Å². The number of aromatic nitrogens is 2. The van der Waals surface area contributed by atoms with Gasteiger partial charge in [-0.1, -0.05) is 29.3 Å². The lowest BCUT2D eigenvalue weighted by Gasteiger charge is -2.12. The summed E-state index contributed by atoms with van der Waals surface area (Å²) in [6.07, 6.45) is 3.88. The summed E-state index contributed by atoms with van der Waals surface area (Å²) in [7, 11) is 0. The molecular formula is C16H13Cl2N3O2S. The molecule has 0 fully saturated rings. The van der Waals surface area contributed by atoms with E-state index >= 15 is 0 Å². The van der Waals surface area contributed by atoms with Gasteiger partial charge in [-0.15, -0.1) is 11.3 Å². The van der Waals surface area contributed by atoms with Gasteiger partial charge in [0, 0.05) is 30.3 Å². The fourth-order valence-electron chi connectivity index (χ4n) is 2.23. The minimum atomic E-state index is -0.319. The zero-order chi connectivity index (χ0) is 17.1. The highest BCUT2D eigenvalue weighted by molar-refractivity contribution is 7.15. The van der Waals surface area contributed by atoms with Crippen molar-refractivity contribution in [2.45, 2.75) is 6.42 Å². The monoisotopic (exact) mass is 381 g/mol. The van der Waals surface area contributed by atoms with Gasteiger partial charge in [-0.3, -0.25) is 10.1 Å². The number of halogens is 2. The SMILES string of the molecule is O=C(Nc1ncc(CCO)s1)c1cccn1-c1c(Cl)cccc1Cl. The summed E-state index contributed by atoms with van der Waals surface area (Å²) in [6, 6.07) is 8.60. The van der Waals surface area contributed by atoms with Gasteiger partial charge < -0.3 is 9.67 Å². The van der Waals surface area contributed by atoms with E-state index in [0.29, 0.717) is 33.0 Å². The topological polar surface area (TPSA) is 67.2 Å². The van der Waals surface area contributed by atoms with Crippen LogP contribution in [0.3, 0.4) is 0 Å². The number of hydrogen-bond donors (Lipinski definition) is 2. The van der Waals surface area contributed by atoms with Gasteiger partial charge in [-0.05, 0) is 24.3 Å². The summed E-state index contributed by atoms with van der Waals surface area (Å²) < 4.78 is 1.64. The molecule has 2 N–H and O–H groups in total. The van der Waals surface area contributed by atoms with Gasteiger partial charge in [0.05, 0.1) is 15.7 Å².